The first-order valence-corrected chi connectivity index (χ1v) is 9.53. The minimum atomic E-state index is -0.455. The number of fused-ring (bicyclic) bond motifs is 1. The maximum atomic E-state index is 13.9. The van der Waals surface area contributed by atoms with Crippen LogP contribution in [-0.4, -0.2) is 34.5 Å². The van der Waals surface area contributed by atoms with E-state index in [2.05, 4.69) is 16.8 Å². The monoisotopic (exact) mass is 374 g/mol. The molecule has 0 amide bonds. The number of piperidine rings is 1. The van der Waals surface area contributed by atoms with Crippen molar-refractivity contribution in [3.05, 3.63) is 57.0 Å². The Morgan fingerprint density at radius 1 is 1.22 bits per heavy atom. The van der Waals surface area contributed by atoms with E-state index in [9.17, 15) is 13.6 Å². The van der Waals surface area contributed by atoms with Crippen molar-refractivity contribution in [3.63, 3.8) is 0 Å². The Bertz CT molecular complexity index is 890. The normalized spacial score (nSPS) is 18.6. The number of nitrogens with zero attached hydrogens (tertiary/aromatic N) is 3. The van der Waals surface area contributed by atoms with E-state index in [4.69, 9.17) is 4.98 Å². The van der Waals surface area contributed by atoms with E-state index >= 15 is 0 Å². The van der Waals surface area contributed by atoms with E-state index in [1.807, 2.05) is 4.90 Å². The molecule has 4 rings (SSSR count). The van der Waals surface area contributed by atoms with Crippen LogP contribution in [0.5, 0.6) is 0 Å². The highest BCUT2D eigenvalue weighted by Crippen LogP contribution is 2.23. The van der Waals surface area contributed by atoms with Crippen LogP contribution >= 0.6 is 0 Å². The number of aromatic nitrogens is 2. The highest BCUT2D eigenvalue weighted by molar-refractivity contribution is 5.35. The molecule has 2 aliphatic heterocycles. The average molecular weight is 374 g/mol. The summed E-state index contributed by atoms with van der Waals surface area (Å²) in [6.45, 7) is 5.40. The lowest BCUT2D eigenvalue weighted by Crippen LogP contribution is -2.39. The van der Waals surface area contributed by atoms with Crippen LogP contribution in [0.25, 0.3) is 0 Å². The van der Waals surface area contributed by atoms with Gasteiger partial charge in [0.05, 0.1) is 11.3 Å². The summed E-state index contributed by atoms with van der Waals surface area (Å²) in [7, 11) is 0. The lowest BCUT2D eigenvalue weighted by Gasteiger charge is -2.32. The molecule has 0 bridgehead atoms. The van der Waals surface area contributed by atoms with Gasteiger partial charge in [-0.05, 0) is 37.0 Å². The molecule has 0 atom stereocenters. The van der Waals surface area contributed by atoms with Gasteiger partial charge in [-0.15, -0.1) is 0 Å². The van der Waals surface area contributed by atoms with E-state index in [1.54, 1.807) is 0 Å². The van der Waals surface area contributed by atoms with Crippen LogP contribution in [0.15, 0.2) is 23.0 Å². The number of hydrogen-bond acceptors (Lipinski definition) is 4. The standard InChI is InChI=1S/C20H24F2N4O/c1-13-4-8-26(9-5-13)20-23-18-6-7-25(12-16(18)19(27)24-20)11-14-10-15(21)2-3-17(14)22/h2-3,10,13H,4-9,11-12H2,1H3,(H,23,24,27). The Hall–Kier alpha value is -2.28. The second-order valence-corrected chi connectivity index (χ2v) is 7.68. The fourth-order valence-electron chi connectivity index (χ4n) is 3.88. The molecule has 0 radical (unpaired) electrons. The van der Waals surface area contributed by atoms with Gasteiger partial charge in [-0.3, -0.25) is 14.7 Å². The van der Waals surface area contributed by atoms with Gasteiger partial charge in [-0.2, -0.15) is 0 Å². The number of rotatable bonds is 3. The Morgan fingerprint density at radius 3 is 2.78 bits per heavy atom. The first kappa shape index (κ1) is 18.1. The van der Waals surface area contributed by atoms with Gasteiger partial charge in [0.25, 0.3) is 5.56 Å². The van der Waals surface area contributed by atoms with Gasteiger partial charge in [0.1, 0.15) is 11.6 Å². The van der Waals surface area contributed by atoms with Crippen LogP contribution < -0.4 is 10.5 Å². The zero-order chi connectivity index (χ0) is 19.0. The van der Waals surface area contributed by atoms with Crippen LogP contribution in [-0.2, 0) is 19.5 Å². The molecule has 2 aliphatic rings. The summed E-state index contributed by atoms with van der Waals surface area (Å²) in [5.74, 6) is 0.491. The summed E-state index contributed by atoms with van der Waals surface area (Å²) in [4.78, 5) is 24.4. The third kappa shape index (κ3) is 3.88. The summed E-state index contributed by atoms with van der Waals surface area (Å²) in [6, 6.07) is 3.47. The van der Waals surface area contributed by atoms with Gasteiger partial charge >= 0.3 is 0 Å². The molecular weight excluding hydrogens is 350 g/mol. The number of benzene rings is 1. The van der Waals surface area contributed by atoms with Crippen LogP contribution in [0.3, 0.4) is 0 Å². The molecule has 2 aromatic rings. The molecule has 0 aliphatic carbocycles. The zero-order valence-electron chi connectivity index (χ0n) is 15.5. The summed E-state index contributed by atoms with van der Waals surface area (Å²) in [5, 5.41) is 0. The lowest BCUT2D eigenvalue weighted by molar-refractivity contribution is 0.238. The molecule has 0 saturated carbocycles. The molecule has 1 aromatic carbocycles. The number of anilines is 1. The molecule has 1 N–H and O–H groups in total. The average Bonchev–Trinajstić information content (AvgIpc) is 2.65. The lowest BCUT2D eigenvalue weighted by atomic mass is 9.99. The fourth-order valence-corrected chi connectivity index (χ4v) is 3.88. The molecule has 0 spiro atoms. The molecule has 7 heteroatoms. The Labute approximate surface area is 157 Å². The van der Waals surface area contributed by atoms with Gasteiger partial charge < -0.3 is 4.90 Å². The van der Waals surface area contributed by atoms with E-state index in [0.717, 1.165) is 43.8 Å². The van der Waals surface area contributed by atoms with Crippen molar-refractivity contribution in [1.29, 1.82) is 0 Å². The molecule has 27 heavy (non-hydrogen) atoms. The molecule has 1 aromatic heterocycles. The number of nitrogens with one attached hydrogen (secondary N) is 1. The first-order chi connectivity index (χ1) is 13.0. The van der Waals surface area contributed by atoms with E-state index in [1.165, 1.54) is 6.07 Å². The van der Waals surface area contributed by atoms with Crippen molar-refractivity contribution in [1.82, 2.24) is 14.9 Å². The largest absolute Gasteiger partial charge is 0.342 e. The summed E-state index contributed by atoms with van der Waals surface area (Å²) in [5.41, 5.74) is 1.63. The van der Waals surface area contributed by atoms with E-state index in [-0.39, 0.29) is 12.1 Å². The highest BCUT2D eigenvalue weighted by atomic mass is 19.1. The summed E-state index contributed by atoms with van der Waals surface area (Å²) >= 11 is 0. The highest BCUT2D eigenvalue weighted by Gasteiger charge is 2.24. The molecule has 1 fully saturated rings. The molecule has 1 saturated heterocycles. The van der Waals surface area contributed by atoms with Gasteiger partial charge in [0.2, 0.25) is 5.95 Å². The number of halogens is 2. The van der Waals surface area contributed by atoms with Crippen molar-refractivity contribution >= 4 is 5.95 Å². The maximum absolute atomic E-state index is 13.9. The SMILES string of the molecule is CC1CCN(c2nc3c(c(=O)[nH]2)CN(Cc2cc(F)ccc2F)CC3)CC1. The summed E-state index contributed by atoms with van der Waals surface area (Å²) in [6.07, 6.45) is 2.84. The van der Waals surface area contributed by atoms with Crippen molar-refractivity contribution in [2.75, 3.05) is 24.5 Å². The predicted molar refractivity (Wildman–Crippen MR) is 99.6 cm³/mol. The van der Waals surface area contributed by atoms with E-state index < -0.39 is 11.6 Å². The second kappa shape index (κ2) is 7.38. The van der Waals surface area contributed by atoms with E-state index in [0.29, 0.717) is 42.5 Å². The second-order valence-electron chi connectivity index (χ2n) is 7.68. The van der Waals surface area contributed by atoms with Crippen molar-refractivity contribution in [2.45, 2.75) is 39.3 Å². The molecule has 0 unspecified atom stereocenters. The van der Waals surface area contributed by atoms with Gasteiger partial charge in [0, 0.05) is 44.7 Å². The fraction of sp³-hybridized carbons (Fsp3) is 0.500. The Kier molecular flexibility index (Phi) is 4.95. The van der Waals surface area contributed by atoms with Crippen LogP contribution in [0.4, 0.5) is 14.7 Å². The molecular formula is C20H24F2N4O. The minimum Gasteiger partial charge on any atom is -0.342 e. The third-order valence-corrected chi connectivity index (χ3v) is 5.62. The van der Waals surface area contributed by atoms with Crippen LogP contribution in [0, 0.1) is 17.6 Å². The molecule has 144 valence electrons. The zero-order valence-corrected chi connectivity index (χ0v) is 15.5. The van der Waals surface area contributed by atoms with Gasteiger partial charge in [0.15, 0.2) is 0 Å². The number of aromatic amines is 1. The number of hydrogen-bond donors (Lipinski definition) is 1. The quantitative estimate of drug-likeness (QED) is 0.898. The van der Waals surface area contributed by atoms with Gasteiger partial charge in [-0.1, -0.05) is 6.92 Å². The van der Waals surface area contributed by atoms with Crippen molar-refractivity contribution < 1.29 is 8.78 Å². The van der Waals surface area contributed by atoms with Crippen LogP contribution in [0.2, 0.25) is 0 Å². The Balaban J connectivity index is 1.51. The molecule has 3 heterocycles. The van der Waals surface area contributed by atoms with Crippen molar-refractivity contribution in [2.24, 2.45) is 5.92 Å². The van der Waals surface area contributed by atoms with Gasteiger partial charge in [-0.25, -0.2) is 13.8 Å². The first-order valence-electron chi connectivity index (χ1n) is 9.53. The molecule has 5 nitrogen and oxygen atoms in total. The van der Waals surface area contributed by atoms with Crippen molar-refractivity contribution in [3.8, 4) is 0 Å². The minimum absolute atomic E-state index is 0.127. The predicted octanol–water partition coefficient (Wildman–Crippen LogP) is 2.84. The van der Waals surface area contributed by atoms with Crippen LogP contribution in [0.1, 0.15) is 36.6 Å². The third-order valence-electron chi connectivity index (χ3n) is 5.62. The topological polar surface area (TPSA) is 52.2 Å². The summed E-state index contributed by atoms with van der Waals surface area (Å²) < 4.78 is 27.3. The number of H-pyrrole nitrogens is 1. The smallest absolute Gasteiger partial charge is 0.257 e. The maximum Gasteiger partial charge on any atom is 0.257 e. The Morgan fingerprint density at radius 2 is 2.00 bits per heavy atom.